The van der Waals surface area contributed by atoms with E-state index in [1.54, 1.807) is 0 Å². The van der Waals surface area contributed by atoms with Crippen LogP contribution in [0.1, 0.15) is 18.4 Å². The number of aromatic amines is 1. The summed E-state index contributed by atoms with van der Waals surface area (Å²) in [5, 5.41) is 3.56. The molecule has 27 heavy (non-hydrogen) atoms. The summed E-state index contributed by atoms with van der Waals surface area (Å²) in [6.45, 7) is 2.06. The second-order valence-corrected chi connectivity index (χ2v) is 7.68. The summed E-state index contributed by atoms with van der Waals surface area (Å²) < 4.78 is 6.27. The SMILES string of the molecule is CNC(C1CCN(c2nc3ccccc3[nH]2)CC1)C1Cc2ccccc2O1. The molecule has 2 unspecified atom stereocenters. The van der Waals surface area contributed by atoms with Crippen LogP contribution in [0.3, 0.4) is 0 Å². The highest BCUT2D eigenvalue weighted by molar-refractivity contribution is 5.77. The van der Waals surface area contributed by atoms with Crippen molar-refractivity contribution in [1.29, 1.82) is 0 Å². The fraction of sp³-hybridized carbons (Fsp3) is 0.409. The van der Waals surface area contributed by atoms with E-state index in [0.29, 0.717) is 12.0 Å². The Bertz CT molecular complexity index is 871. The van der Waals surface area contributed by atoms with Crippen LogP contribution >= 0.6 is 0 Å². The molecule has 0 bridgehead atoms. The zero-order valence-corrected chi connectivity index (χ0v) is 15.7. The average Bonchev–Trinajstić information content (AvgIpc) is 3.33. The van der Waals surface area contributed by atoms with Gasteiger partial charge in [0.1, 0.15) is 11.9 Å². The Balaban J connectivity index is 1.25. The van der Waals surface area contributed by atoms with Crippen molar-refractivity contribution >= 4 is 17.0 Å². The van der Waals surface area contributed by atoms with Gasteiger partial charge in [0.05, 0.1) is 11.0 Å². The molecule has 0 amide bonds. The van der Waals surface area contributed by atoms with Crippen LogP contribution in [-0.2, 0) is 6.42 Å². The van der Waals surface area contributed by atoms with Crippen molar-refractivity contribution < 1.29 is 4.74 Å². The van der Waals surface area contributed by atoms with Gasteiger partial charge in [0, 0.05) is 25.6 Å². The number of rotatable bonds is 4. The minimum Gasteiger partial charge on any atom is -0.488 e. The normalized spacial score (nSPS) is 21.2. The highest BCUT2D eigenvalue weighted by Crippen LogP contribution is 2.34. The number of benzene rings is 2. The van der Waals surface area contributed by atoms with Crippen molar-refractivity contribution in [1.82, 2.24) is 15.3 Å². The Morgan fingerprint density at radius 1 is 1.11 bits per heavy atom. The van der Waals surface area contributed by atoms with E-state index in [9.17, 15) is 0 Å². The quantitative estimate of drug-likeness (QED) is 0.747. The number of nitrogens with zero attached hydrogens (tertiary/aromatic N) is 2. The molecule has 1 aromatic heterocycles. The first kappa shape index (κ1) is 16.6. The molecule has 0 radical (unpaired) electrons. The van der Waals surface area contributed by atoms with Crippen molar-refractivity contribution in [2.75, 3.05) is 25.0 Å². The Hall–Kier alpha value is -2.53. The van der Waals surface area contributed by atoms with Gasteiger partial charge in [0.15, 0.2) is 0 Å². The van der Waals surface area contributed by atoms with Crippen LogP contribution in [0.4, 0.5) is 5.95 Å². The Kier molecular flexibility index (Phi) is 4.24. The number of nitrogens with one attached hydrogen (secondary N) is 2. The van der Waals surface area contributed by atoms with Crippen molar-refractivity contribution in [3.63, 3.8) is 0 Å². The smallest absolute Gasteiger partial charge is 0.203 e. The number of piperidine rings is 1. The van der Waals surface area contributed by atoms with E-state index < -0.39 is 0 Å². The highest BCUT2D eigenvalue weighted by atomic mass is 16.5. The molecular formula is C22H26N4O. The summed E-state index contributed by atoms with van der Waals surface area (Å²) in [6, 6.07) is 17.1. The maximum atomic E-state index is 6.27. The summed E-state index contributed by atoms with van der Waals surface area (Å²) in [5.74, 6) is 2.68. The van der Waals surface area contributed by atoms with Crippen LogP contribution < -0.4 is 15.0 Å². The van der Waals surface area contributed by atoms with E-state index in [1.807, 2.05) is 12.1 Å². The lowest BCUT2D eigenvalue weighted by atomic mass is 9.85. The number of hydrogen-bond donors (Lipinski definition) is 2. The van der Waals surface area contributed by atoms with E-state index in [0.717, 1.165) is 55.1 Å². The molecule has 0 aliphatic carbocycles. The van der Waals surface area contributed by atoms with Gasteiger partial charge in [-0.1, -0.05) is 30.3 Å². The molecule has 2 atom stereocenters. The minimum absolute atomic E-state index is 0.232. The number of ether oxygens (including phenoxy) is 1. The molecule has 1 saturated heterocycles. The molecule has 3 aromatic rings. The Labute approximate surface area is 159 Å². The lowest BCUT2D eigenvalue weighted by Gasteiger charge is -2.37. The van der Waals surface area contributed by atoms with E-state index >= 15 is 0 Å². The van der Waals surface area contributed by atoms with Gasteiger partial charge in [-0.15, -0.1) is 0 Å². The Morgan fingerprint density at radius 2 is 1.89 bits per heavy atom. The van der Waals surface area contributed by atoms with Gasteiger partial charge in [-0.05, 0) is 49.6 Å². The molecule has 0 saturated carbocycles. The van der Waals surface area contributed by atoms with Crippen molar-refractivity contribution in [2.24, 2.45) is 5.92 Å². The fourth-order valence-corrected chi connectivity index (χ4v) is 4.69. The van der Waals surface area contributed by atoms with Crippen molar-refractivity contribution in [3.05, 3.63) is 54.1 Å². The third-order valence-electron chi connectivity index (χ3n) is 6.13. The summed E-state index contributed by atoms with van der Waals surface area (Å²) >= 11 is 0. The van der Waals surface area contributed by atoms with Gasteiger partial charge in [0.2, 0.25) is 5.95 Å². The van der Waals surface area contributed by atoms with Gasteiger partial charge >= 0.3 is 0 Å². The first-order chi connectivity index (χ1) is 13.3. The maximum absolute atomic E-state index is 6.27. The predicted molar refractivity (Wildman–Crippen MR) is 108 cm³/mol. The van der Waals surface area contributed by atoms with Crippen LogP contribution in [0.25, 0.3) is 11.0 Å². The van der Waals surface area contributed by atoms with Crippen LogP contribution in [0.2, 0.25) is 0 Å². The Morgan fingerprint density at radius 3 is 2.67 bits per heavy atom. The van der Waals surface area contributed by atoms with Gasteiger partial charge in [-0.2, -0.15) is 0 Å². The summed E-state index contributed by atoms with van der Waals surface area (Å²) in [7, 11) is 2.07. The van der Waals surface area contributed by atoms with E-state index in [1.165, 1.54) is 5.56 Å². The zero-order valence-electron chi connectivity index (χ0n) is 15.7. The summed E-state index contributed by atoms with van der Waals surface area (Å²) in [4.78, 5) is 10.6. The molecule has 2 N–H and O–H groups in total. The van der Waals surface area contributed by atoms with Gasteiger partial charge < -0.3 is 19.9 Å². The molecule has 5 nitrogen and oxygen atoms in total. The fourth-order valence-electron chi connectivity index (χ4n) is 4.69. The average molecular weight is 362 g/mol. The number of likely N-dealkylation sites (N-methyl/N-ethyl adjacent to an activating group) is 1. The van der Waals surface area contributed by atoms with Gasteiger partial charge in [-0.3, -0.25) is 0 Å². The van der Waals surface area contributed by atoms with Crippen LogP contribution in [0, 0.1) is 5.92 Å². The van der Waals surface area contributed by atoms with Gasteiger partial charge in [0.25, 0.3) is 0 Å². The summed E-state index contributed by atoms with van der Waals surface area (Å²) in [5.41, 5.74) is 3.49. The molecule has 3 heterocycles. The lowest BCUT2D eigenvalue weighted by molar-refractivity contribution is 0.133. The maximum Gasteiger partial charge on any atom is 0.203 e. The first-order valence-corrected chi connectivity index (χ1v) is 9.93. The van der Waals surface area contributed by atoms with Gasteiger partial charge in [-0.25, -0.2) is 4.98 Å². The molecular weight excluding hydrogens is 336 g/mol. The van der Waals surface area contributed by atoms with Crippen molar-refractivity contribution in [3.8, 4) is 5.75 Å². The monoisotopic (exact) mass is 362 g/mol. The molecule has 0 spiro atoms. The standard InChI is InChI=1S/C22H26N4O/c1-23-21(20-14-16-6-2-5-9-19(16)27-20)15-10-12-26(13-11-15)22-24-17-7-3-4-8-18(17)25-22/h2-9,15,20-21,23H,10-14H2,1H3,(H,24,25). The van der Waals surface area contributed by atoms with E-state index in [4.69, 9.17) is 9.72 Å². The number of imidazole rings is 1. The lowest BCUT2D eigenvalue weighted by Crippen LogP contribution is -2.50. The van der Waals surface area contributed by atoms with Crippen LogP contribution in [0.5, 0.6) is 5.75 Å². The van der Waals surface area contributed by atoms with E-state index in [-0.39, 0.29) is 6.10 Å². The number of para-hydroxylation sites is 3. The third kappa shape index (κ3) is 3.06. The topological polar surface area (TPSA) is 53.2 Å². The predicted octanol–water partition coefficient (Wildman–Crippen LogP) is 3.37. The molecule has 5 heteroatoms. The molecule has 2 aliphatic heterocycles. The second kappa shape index (κ2) is 6.89. The molecule has 5 rings (SSSR count). The van der Waals surface area contributed by atoms with E-state index in [2.05, 4.69) is 58.6 Å². The molecule has 1 fully saturated rings. The number of H-pyrrole nitrogens is 1. The number of aromatic nitrogens is 2. The molecule has 140 valence electrons. The van der Waals surface area contributed by atoms with Crippen molar-refractivity contribution in [2.45, 2.75) is 31.4 Å². The summed E-state index contributed by atoms with van der Waals surface area (Å²) in [6.07, 6.45) is 3.54. The number of hydrogen-bond acceptors (Lipinski definition) is 4. The van der Waals surface area contributed by atoms with Crippen LogP contribution in [0.15, 0.2) is 48.5 Å². The highest BCUT2D eigenvalue weighted by Gasteiger charge is 2.36. The second-order valence-electron chi connectivity index (χ2n) is 7.68. The third-order valence-corrected chi connectivity index (χ3v) is 6.13. The largest absolute Gasteiger partial charge is 0.488 e. The molecule has 2 aliphatic rings. The first-order valence-electron chi connectivity index (χ1n) is 9.93. The van der Waals surface area contributed by atoms with Crippen LogP contribution in [-0.4, -0.2) is 42.3 Å². The molecule has 2 aromatic carbocycles. The number of fused-ring (bicyclic) bond motifs is 2. The number of anilines is 1. The zero-order chi connectivity index (χ0) is 18.2. The minimum atomic E-state index is 0.232.